The maximum Gasteiger partial charge on any atom is 0.233 e. The van der Waals surface area contributed by atoms with Gasteiger partial charge in [0.2, 0.25) is 5.91 Å². The smallest absolute Gasteiger partial charge is 0.233 e. The van der Waals surface area contributed by atoms with E-state index in [2.05, 4.69) is 16.7 Å². The van der Waals surface area contributed by atoms with Gasteiger partial charge in [-0.25, -0.2) is 0 Å². The first kappa shape index (κ1) is 14.5. The van der Waals surface area contributed by atoms with Crippen molar-refractivity contribution in [3.8, 4) is 0 Å². The van der Waals surface area contributed by atoms with E-state index < -0.39 is 0 Å². The summed E-state index contributed by atoms with van der Waals surface area (Å²) >= 11 is 0. The van der Waals surface area contributed by atoms with Gasteiger partial charge in [0.15, 0.2) is 0 Å². The molecule has 0 saturated heterocycles. The number of hydrogen-bond acceptors (Lipinski definition) is 2. The largest absolute Gasteiger partial charge is 0.355 e. The van der Waals surface area contributed by atoms with E-state index >= 15 is 0 Å². The molecular weight excluding hydrogens is 212 g/mol. The summed E-state index contributed by atoms with van der Waals surface area (Å²) in [6.45, 7) is 1.20. The van der Waals surface area contributed by atoms with Crippen LogP contribution in [0.5, 0.6) is 0 Å². The first-order chi connectivity index (χ1) is 6.83. The van der Waals surface area contributed by atoms with E-state index in [1.54, 1.807) is 7.05 Å². The van der Waals surface area contributed by atoms with Crippen LogP contribution < -0.4 is 10.6 Å². The molecule has 0 spiro atoms. The molecular formula is C11H21ClN2O. The van der Waals surface area contributed by atoms with Crippen molar-refractivity contribution in [3.63, 3.8) is 0 Å². The molecule has 0 aromatic heterocycles. The molecule has 0 bridgehead atoms. The van der Waals surface area contributed by atoms with Crippen LogP contribution in [0, 0.1) is 0 Å². The van der Waals surface area contributed by atoms with Crippen molar-refractivity contribution >= 4 is 18.3 Å². The molecule has 0 aromatic carbocycles. The van der Waals surface area contributed by atoms with Gasteiger partial charge in [-0.1, -0.05) is 11.6 Å². The Hall–Kier alpha value is -0.540. The standard InChI is InChI=1S/C11H20N2O.ClH/c1-12-9-11(14)13-8-7-10-5-3-2-4-6-10;/h5,12H,2-4,6-9H2,1H3,(H,13,14);1H. The van der Waals surface area contributed by atoms with Crippen LogP contribution in [0.4, 0.5) is 0 Å². The van der Waals surface area contributed by atoms with E-state index in [1.807, 2.05) is 0 Å². The molecule has 0 heterocycles. The molecule has 0 aliphatic heterocycles. The summed E-state index contributed by atoms with van der Waals surface area (Å²) in [6, 6.07) is 0. The summed E-state index contributed by atoms with van der Waals surface area (Å²) in [7, 11) is 1.78. The van der Waals surface area contributed by atoms with E-state index in [-0.39, 0.29) is 18.3 Å². The molecule has 0 fully saturated rings. The summed E-state index contributed by atoms with van der Waals surface area (Å²) in [5.74, 6) is 0.0870. The van der Waals surface area contributed by atoms with Gasteiger partial charge in [-0.15, -0.1) is 12.4 Å². The third kappa shape index (κ3) is 6.52. The minimum Gasteiger partial charge on any atom is -0.355 e. The average molecular weight is 233 g/mol. The number of hydrogen-bond donors (Lipinski definition) is 2. The van der Waals surface area contributed by atoms with Gasteiger partial charge in [0.25, 0.3) is 0 Å². The lowest BCUT2D eigenvalue weighted by Crippen LogP contribution is -2.32. The Morgan fingerprint density at radius 3 is 2.87 bits per heavy atom. The van der Waals surface area contributed by atoms with Crippen LogP contribution >= 0.6 is 12.4 Å². The predicted molar refractivity (Wildman–Crippen MR) is 65.4 cm³/mol. The van der Waals surface area contributed by atoms with Crippen molar-refractivity contribution in [2.45, 2.75) is 32.1 Å². The summed E-state index contributed by atoms with van der Waals surface area (Å²) in [4.78, 5) is 11.1. The minimum absolute atomic E-state index is 0. The topological polar surface area (TPSA) is 41.1 Å². The van der Waals surface area contributed by atoms with Crippen molar-refractivity contribution in [2.24, 2.45) is 0 Å². The Labute approximate surface area is 98.1 Å². The Morgan fingerprint density at radius 2 is 2.27 bits per heavy atom. The van der Waals surface area contributed by atoms with Crippen molar-refractivity contribution in [1.29, 1.82) is 0 Å². The first-order valence-electron chi connectivity index (χ1n) is 5.42. The molecule has 15 heavy (non-hydrogen) atoms. The highest BCUT2D eigenvalue weighted by molar-refractivity contribution is 5.85. The minimum atomic E-state index is 0. The first-order valence-corrected chi connectivity index (χ1v) is 5.42. The number of likely N-dealkylation sites (N-methyl/N-ethyl adjacent to an activating group) is 1. The fourth-order valence-corrected chi connectivity index (χ4v) is 1.72. The van der Waals surface area contributed by atoms with E-state index in [9.17, 15) is 4.79 Å². The Balaban J connectivity index is 0.00000196. The molecule has 0 saturated carbocycles. The van der Waals surface area contributed by atoms with Gasteiger partial charge in [-0.2, -0.15) is 0 Å². The number of carbonyl (C=O) groups is 1. The third-order valence-electron chi connectivity index (χ3n) is 2.49. The maximum absolute atomic E-state index is 11.1. The van der Waals surface area contributed by atoms with Crippen LogP contribution in [-0.4, -0.2) is 26.0 Å². The zero-order chi connectivity index (χ0) is 10.2. The van der Waals surface area contributed by atoms with Crippen molar-refractivity contribution < 1.29 is 4.79 Å². The number of rotatable bonds is 5. The van der Waals surface area contributed by atoms with E-state index in [1.165, 1.54) is 31.3 Å². The molecule has 0 radical (unpaired) electrons. The van der Waals surface area contributed by atoms with Gasteiger partial charge >= 0.3 is 0 Å². The van der Waals surface area contributed by atoms with Crippen LogP contribution in [-0.2, 0) is 4.79 Å². The molecule has 3 nitrogen and oxygen atoms in total. The van der Waals surface area contributed by atoms with E-state index in [4.69, 9.17) is 0 Å². The van der Waals surface area contributed by atoms with E-state index in [0.29, 0.717) is 6.54 Å². The third-order valence-corrected chi connectivity index (χ3v) is 2.49. The lowest BCUT2D eigenvalue weighted by molar-refractivity contribution is -0.120. The van der Waals surface area contributed by atoms with Crippen molar-refractivity contribution in [2.75, 3.05) is 20.1 Å². The zero-order valence-corrected chi connectivity index (χ0v) is 10.2. The van der Waals surface area contributed by atoms with Crippen LogP contribution in [0.3, 0.4) is 0 Å². The molecule has 1 amide bonds. The zero-order valence-electron chi connectivity index (χ0n) is 9.34. The molecule has 88 valence electrons. The van der Waals surface area contributed by atoms with Gasteiger partial charge in [0, 0.05) is 6.54 Å². The second-order valence-electron chi connectivity index (χ2n) is 3.74. The van der Waals surface area contributed by atoms with Gasteiger partial charge in [0.1, 0.15) is 0 Å². The van der Waals surface area contributed by atoms with Gasteiger partial charge in [-0.3, -0.25) is 4.79 Å². The molecule has 2 N–H and O–H groups in total. The lowest BCUT2D eigenvalue weighted by Gasteiger charge is -2.12. The summed E-state index contributed by atoms with van der Waals surface area (Å²) in [5.41, 5.74) is 1.51. The summed E-state index contributed by atoms with van der Waals surface area (Å²) < 4.78 is 0. The average Bonchev–Trinajstić information content (AvgIpc) is 2.20. The van der Waals surface area contributed by atoms with Crippen molar-refractivity contribution in [3.05, 3.63) is 11.6 Å². The van der Waals surface area contributed by atoms with Gasteiger partial charge in [0.05, 0.1) is 6.54 Å². The molecule has 1 rings (SSSR count). The SMILES string of the molecule is CNCC(=O)NCCC1=CCCCC1.Cl. The maximum atomic E-state index is 11.1. The monoisotopic (exact) mass is 232 g/mol. The number of halogens is 1. The van der Waals surface area contributed by atoms with E-state index in [0.717, 1.165) is 13.0 Å². The molecule has 0 atom stereocenters. The number of allylic oxidation sites excluding steroid dienone is 1. The summed E-state index contributed by atoms with van der Waals surface area (Å²) in [5, 5.41) is 5.72. The highest BCUT2D eigenvalue weighted by Crippen LogP contribution is 2.19. The van der Waals surface area contributed by atoms with Crippen LogP contribution in [0.1, 0.15) is 32.1 Å². The van der Waals surface area contributed by atoms with Gasteiger partial charge < -0.3 is 10.6 Å². The Kier molecular flexibility index (Phi) is 8.43. The van der Waals surface area contributed by atoms with Crippen LogP contribution in [0.15, 0.2) is 11.6 Å². The van der Waals surface area contributed by atoms with Gasteiger partial charge in [-0.05, 0) is 39.2 Å². The second-order valence-corrected chi connectivity index (χ2v) is 3.74. The number of carbonyl (C=O) groups excluding carboxylic acids is 1. The number of nitrogens with one attached hydrogen (secondary N) is 2. The fourth-order valence-electron chi connectivity index (χ4n) is 1.72. The predicted octanol–water partition coefficient (Wildman–Crippen LogP) is 1.63. The van der Waals surface area contributed by atoms with Crippen LogP contribution in [0.2, 0.25) is 0 Å². The highest BCUT2D eigenvalue weighted by Gasteiger charge is 2.04. The fraction of sp³-hybridized carbons (Fsp3) is 0.727. The molecule has 4 heteroatoms. The lowest BCUT2D eigenvalue weighted by atomic mass is 9.97. The quantitative estimate of drug-likeness (QED) is 0.708. The molecule has 0 unspecified atom stereocenters. The molecule has 1 aliphatic rings. The summed E-state index contributed by atoms with van der Waals surface area (Å²) in [6.07, 6.45) is 8.44. The number of amides is 1. The second kappa shape index (κ2) is 8.74. The Bertz CT molecular complexity index is 217. The highest BCUT2D eigenvalue weighted by atomic mass is 35.5. The normalized spacial score (nSPS) is 15.1. The molecule has 1 aliphatic carbocycles. The van der Waals surface area contributed by atoms with Crippen LogP contribution in [0.25, 0.3) is 0 Å². The molecule has 0 aromatic rings. The Morgan fingerprint density at radius 1 is 1.47 bits per heavy atom. The van der Waals surface area contributed by atoms with Crippen molar-refractivity contribution in [1.82, 2.24) is 10.6 Å².